The van der Waals surface area contributed by atoms with Crippen molar-refractivity contribution in [1.29, 1.82) is 0 Å². The average molecular weight is 206 g/mol. The molecule has 0 saturated carbocycles. The van der Waals surface area contributed by atoms with Crippen LogP contribution in [0.25, 0.3) is 0 Å². The summed E-state index contributed by atoms with van der Waals surface area (Å²) in [6.07, 6.45) is 0. The van der Waals surface area contributed by atoms with Gasteiger partial charge in [-0.2, -0.15) is 0 Å². The smallest absolute Gasteiger partial charge is 0.251 e. The molecule has 1 amide bonds. The summed E-state index contributed by atoms with van der Waals surface area (Å²) in [6, 6.07) is 7.64. The molecule has 0 spiro atoms. The number of benzene rings is 1. The van der Waals surface area contributed by atoms with E-state index in [0.717, 1.165) is 12.2 Å². The number of nitrogens with zero attached hydrogens (tertiary/aromatic N) is 1. The zero-order valence-corrected chi connectivity index (χ0v) is 9.58. The van der Waals surface area contributed by atoms with Crippen LogP contribution in [0.4, 0.5) is 5.69 Å². The average Bonchev–Trinajstić information content (AvgIpc) is 2.28. The lowest BCUT2D eigenvalue weighted by Crippen LogP contribution is -2.22. The number of anilines is 1. The first-order valence-corrected chi connectivity index (χ1v) is 5.28. The number of amides is 1. The molecule has 0 aliphatic carbocycles. The predicted octanol–water partition coefficient (Wildman–Crippen LogP) is 1.89. The molecule has 0 bridgehead atoms. The number of carbonyl (C=O) groups is 1. The molecular formula is C12H18N2O. The maximum absolute atomic E-state index is 11.5. The molecule has 0 aliphatic heterocycles. The highest BCUT2D eigenvalue weighted by atomic mass is 16.1. The van der Waals surface area contributed by atoms with Crippen LogP contribution in [0.3, 0.4) is 0 Å². The molecule has 0 atom stereocenters. The van der Waals surface area contributed by atoms with Gasteiger partial charge in [0.25, 0.3) is 5.91 Å². The van der Waals surface area contributed by atoms with Crippen molar-refractivity contribution >= 4 is 11.6 Å². The fourth-order valence-electron chi connectivity index (χ4n) is 1.31. The van der Waals surface area contributed by atoms with Gasteiger partial charge < -0.3 is 10.2 Å². The van der Waals surface area contributed by atoms with Gasteiger partial charge in [-0.1, -0.05) is 0 Å². The molecule has 82 valence electrons. The summed E-state index contributed by atoms with van der Waals surface area (Å²) >= 11 is 0. The van der Waals surface area contributed by atoms with E-state index in [2.05, 4.69) is 17.1 Å². The Labute approximate surface area is 91.1 Å². The third-order valence-electron chi connectivity index (χ3n) is 2.38. The normalized spacial score (nSPS) is 9.80. The number of hydrogen-bond donors (Lipinski definition) is 1. The molecular weight excluding hydrogens is 188 g/mol. The van der Waals surface area contributed by atoms with Crippen LogP contribution in [0.5, 0.6) is 0 Å². The largest absolute Gasteiger partial charge is 0.375 e. The van der Waals surface area contributed by atoms with Gasteiger partial charge in [-0.05, 0) is 38.1 Å². The third-order valence-corrected chi connectivity index (χ3v) is 2.38. The summed E-state index contributed by atoms with van der Waals surface area (Å²) in [5, 5.41) is 2.77. The molecule has 3 nitrogen and oxygen atoms in total. The topological polar surface area (TPSA) is 32.3 Å². The summed E-state index contributed by atoms with van der Waals surface area (Å²) in [5.41, 5.74) is 1.84. The molecule has 0 aliphatic rings. The second kappa shape index (κ2) is 5.39. The molecule has 1 aromatic carbocycles. The predicted molar refractivity (Wildman–Crippen MR) is 63.4 cm³/mol. The van der Waals surface area contributed by atoms with E-state index < -0.39 is 0 Å². The molecule has 15 heavy (non-hydrogen) atoms. The first kappa shape index (κ1) is 11.6. The van der Waals surface area contributed by atoms with Crippen molar-refractivity contribution in [3.8, 4) is 0 Å². The van der Waals surface area contributed by atoms with Crippen LogP contribution in [-0.4, -0.2) is 26.0 Å². The molecule has 0 radical (unpaired) electrons. The van der Waals surface area contributed by atoms with Gasteiger partial charge in [-0.25, -0.2) is 0 Å². The second-order valence-corrected chi connectivity index (χ2v) is 3.42. The van der Waals surface area contributed by atoms with E-state index in [9.17, 15) is 4.79 Å². The standard InChI is InChI=1S/C12H18N2O/c1-4-13-12(15)10-6-8-11(9-7-10)14(3)5-2/h6-9H,4-5H2,1-3H3,(H,13,15). The highest BCUT2D eigenvalue weighted by molar-refractivity contribution is 5.94. The van der Waals surface area contributed by atoms with E-state index in [4.69, 9.17) is 0 Å². The fourth-order valence-corrected chi connectivity index (χ4v) is 1.31. The Kier molecular flexibility index (Phi) is 4.16. The summed E-state index contributed by atoms with van der Waals surface area (Å²) in [6.45, 7) is 5.63. The molecule has 3 heteroatoms. The molecule has 1 aromatic rings. The second-order valence-electron chi connectivity index (χ2n) is 3.42. The first-order valence-electron chi connectivity index (χ1n) is 5.28. The molecule has 0 heterocycles. The van der Waals surface area contributed by atoms with Gasteiger partial charge in [-0.15, -0.1) is 0 Å². The summed E-state index contributed by atoms with van der Waals surface area (Å²) in [7, 11) is 2.03. The van der Waals surface area contributed by atoms with E-state index in [0.29, 0.717) is 12.1 Å². The molecule has 0 aromatic heterocycles. The van der Waals surface area contributed by atoms with Gasteiger partial charge >= 0.3 is 0 Å². The van der Waals surface area contributed by atoms with Crippen molar-refractivity contribution in [3.63, 3.8) is 0 Å². The van der Waals surface area contributed by atoms with Gasteiger partial charge in [-0.3, -0.25) is 4.79 Å². The van der Waals surface area contributed by atoms with Crippen molar-refractivity contribution in [2.24, 2.45) is 0 Å². The highest BCUT2D eigenvalue weighted by Crippen LogP contribution is 2.13. The van der Waals surface area contributed by atoms with Gasteiger partial charge in [0.2, 0.25) is 0 Å². The van der Waals surface area contributed by atoms with E-state index in [1.165, 1.54) is 0 Å². The zero-order chi connectivity index (χ0) is 11.3. The molecule has 0 fully saturated rings. The summed E-state index contributed by atoms with van der Waals surface area (Å²) in [5.74, 6) is -0.0109. The lowest BCUT2D eigenvalue weighted by atomic mass is 10.2. The van der Waals surface area contributed by atoms with Crippen LogP contribution in [0.2, 0.25) is 0 Å². The highest BCUT2D eigenvalue weighted by Gasteiger charge is 2.04. The Balaban J connectivity index is 2.76. The Morgan fingerprint density at radius 2 is 1.87 bits per heavy atom. The van der Waals surface area contributed by atoms with Crippen molar-refractivity contribution < 1.29 is 4.79 Å². The monoisotopic (exact) mass is 206 g/mol. The summed E-state index contributed by atoms with van der Waals surface area (Å²) in [4.78, 5) is 13.6. The molecule has 1 N–H and O–H groups in total. The Morgan fingerprint density at radius 3 is 2.33 bits per heavy atom. The summed E-state index contributed by atoms with van der Waals surface area (Å²) < 4.78 is 0. The van der Waals surface area contributed by atoms with E-state index in [1.54, 1.807) is 0 Å². The number of carbonyl (C=O) groups excluding carboxylic acids is 1. The number of rotatable bonds is 4. The van der Waals surface area contributed by atoms with E-state index in [1.807, 2.05) is 38.2 Å². The van der Waals surface area contributed by atoms with E-state index in [-0.39, 0.29) is 5.91 Å². The Morgan fingerprint density at radius 1 is 1.27 bits per heavy atom. The number of hydrogen-bond acceptors (Lipinski definition) is 2. The lowest BCUT2D eigenvalue weighted by Gasteiger charge is -2.16. The van der Waals surface area contributed by atoms with Gasteiger partial charge in [0.1, 0.15) is 0 Å². The quantitative estimate of drug-likeness (QED) is 0.816. The van der Waals surface area contributed by atoms with Crippen LogP contribution in [-0.2, 0) is 0 Å². The van der Waals surface area contributed by atoms with E-state index >= 15 is 0 Å². The Bertz CT molecular complexity index is 319. The van der Waals surface area contributed by atoms with Crippen LogP contribution in [0.15, 0.2) is 24.3 Å². The van der Waals surface area contributed by atoms with Crippen molar-refractivity contribution in [3.05, 3.63) is 29.8 Å². The molecule has 0 saturated heterocycles. The van der Waals surface area contributed by atoms with Crippen molar-refractivity contribution in [2.45, 2.75) is 13.8 Å². The SMILES string of the molecule is CCNC(=O)c1ccc(N(C)CC)cc1. The van der Waals surface area contributed by atoms with Crippen LogP contribution >= 0.6 is 0 Å². The maximum atomic E-state index is 11.5. The lowest BCUT2D eigenvalue weighted by molar-refractivity contribution is 0.0956. The maximum Gasteiger partial charge on any atom is 0.251 e. The molecule has 0 unspecified atom stereocenters. The first-order chi connectivity index (χ1) is 7.19. The van der Waals surface area contributed by atoms with Crippen molar-refractivity contribution in [1.82, 2.24) is 5.32 Å². The van der Waals surface area contributed by atoms with Gasteiger partial charge in [0.15, 0.2) is 0 Å². The third kappa shape index (κ3) is 2.98. The molecule has 1 rings (SSSR count). The minimum absolute atomic E-state index is 0.0109. The minimum atomic E-state index is -0.0109. The minimum Gasteiger partial charge on any atom is -0.375 e. The number of nitrogens with one attached hydrogen (secondary N) is 1. The van der Waals surface area contributed by atoms with Crippen molar-refractivity contribution in [2.75, 3.05) is 25.0 Å². The van der Waals surface area contributed by atoms with Gasteiger partial charge in [0.05, 0.1) is 0 Å². The van der Waals surface area contributed by atoms with Crippen LogP contribution < -0.4 is 10.2 Å². The zero-order valence-electron chi connectivity index (χ0n) is 9.58. The Hall–Kier alpha value is -1.51. The van der Waals surface area contributed by atoms with Crippen LogP contribution in [0.1, 0.15) is 24.2 Å². The van der Waals surface area contributed by atoms with Crippen LogP contribution in [0, 0.1) is 0 Å². The fraction of sp³-hybridized carbons (Fsp3) is 0.417. The van der Waals surface area contributed by atoms with Gasteiger partial charge in [0, 0.05) is 31.4 Å².